The van der Waals surface area contributed by atoms with Gasteiger partial charge in [0.1, 0.15) is 18.1 Å². The Bertz CT molecular complexity index is 670. The minimum Gasteiger partial charge on any atom is -0.489 e. The second-order valence-electron chi connectivity index (χ2n) is 9.19. The minimum absolute atomic E-state index is 0.183. The van der Waals surface area contributed by atoms with Gasteiger partial charge in [-0.1, -0.05) is 61.5 Å². The van der Waals surface area contributed by atoms with Gasteiger partial charge >= 0.3 is 5.97 Å². The van der Waals surface area contributed by atoms with E-state index in [0.717, 1.165) is 40.9 Å². The largest absolute Gasteiger partial charge is 0.489 e. The first kappa shape index (κ1) is 22.3. The number of ether oxygens (including phenoxy) is 2. The molecule has 0 N–H and O–H groups in total. The number of esters is 1. The zero-order valence-electron chi connectivity index (χ0n) is 18.1. The number of carbonyl (C=O) groups is 1. The Morgan fingerprint density at radius 2 is 1.65 bits per heavy atom. The predicted molar refractivity (Wildman–Crippen MR) is 109 cm³/mol. The Morgan fingerprint density at radius 1 is 1.08 bits per heavy atom. The fourth-order valence-electron chi connectivity index (χ4n) is 3.11. The summed E-state index contributed by atoms with van der Waals surface area (Å²) in [5.41, 5.74) is 3.80. The first-order valence-electron chi connectivity index (χ1n) is 9.45. The summed E-state index contributed by atoms with van der Waals surface area (Å²) in [6.07, 6.45) is 1.86. The van der Waals surface area contributed by atoms with Gasteiger partial charge in [0.05, 0.1) is 0 Å². The van der Waals surface area contributed by atoms with Crippen LogP contribution in [0.25, 0.3) is 0 Å². The van der Waals surface area contributed by atoms with E-state index in [-0.39, 0.29) is 16.8 Å². The molecule has 146 valence electrons. The summed E-state index contributed by atoms with van der Waals surface area (Å²) in [4.78, 5) is 11.9. The molecule has 0 atom stereocenters. The minimum atomic E-state index is -0.293. The van der Waals surface area contributed by atoms with Crippen LogP contribution in [0.2, 0.25) is 0 Å². The van der Waals surface area contributed by atoms with E-state index in [2.05, 4.69) is 61.1 Å². The van der Waals surface area contributed by atoms with E-state index in [1.807, 2.05) is 6.92 Å². The van der Waals surface area contributed by atoms with Crippen LogP contribution in [0.1, 0.15) is 85.4 Å². The number of hydrogen-bond acceptors (Lipinski definition) is 3. The van der Waals surface area contributed by atoms with Crippen LogP contribution >= 0.6 is 0 Å². The molecule has 0 aliphatic heterocycles. The van der Waals surface area contributed by atoms with Gasteiger partial charge < -0.3 is 9.47 Å². The lowest BCUT2D eigenvalue weighted by Gasteiger charge is -2.32. The Morgan fingerprint density at radius 3 is 2.04 bits per heavy atom. The molecule has 1 aromatic rings. The Balaban J connectivity index is 3.88. The Labute approximate surface area is 159 Å². The molecule has 0 aliphatic carbocycles. The SMILES string of the molecule is C=C(C)COc1cc(C(C)(C)C)c(OC(C)=O)c(C(C)(C)C)c1CCC. The maximum Gasteiger partial charge on any atom is 0.308 e. The first-order chi connectivity index (χ1) is 11.8. The quantitative estimate of drug-likeness (QED) is 0.348. The zero-order chi connectivity index (χ0) is 20.3. The van der Waals surface area contributed by atoms with Gasteiger partial charge in [0.2, 0.25) is 0 Å². The summed E-state index contributed by atoms with van der Waals surface area (Å²) in [7, 11) is 0. The Kier molecular flexibility index (Phi) is 7.09. The van der Waals surface area contributed by atoms with E-state index >= 15 is 0 Å². The lowest BCUT2D eigenvalue weighted by Crippen LogP contribution is -2.23. The Hall–Kier alpha value is -1.77. The highest BCUT2D eigenvalue weighted by Gasteiger charge is 2.32. The third-order valence-electron chi connectivity index (χ3n) is 4.12. The molecule has 0 unspecified atom stereocenters. The van der Waals surface area contributed by atoms with Gasteiger partial charge in [-0.05, 0) is 35.8 Å². The van der Waals surface area contributed by atoms with Crippen molar-refractivity contribution in [2.45, 2.75) is 86.0 Å². The van der Waals surface area contributed by atoms with Crippen LogP contribution in [0.4, 0.5) is 0 Å². The first-order valence-corrected chi connectivity index (χ1v) is 9.45. The highest BCUT2D eigenvalue weighted by Crippen LogP contribution is 2.46. The molecule has 0 aromatic heterocycles. The van der Waals surface area contributed by atoms with Gasteiger partial charge in [0.15, 0.2) is 0 Å². The van der Waals surface area contributed by atoms with E-state index in [1.165, 1.54) is 6.92 Å². The van der Waals surface area contributed by atoms with Crippen molar-refractivity contribution in [1.82, 2.24) is 0 Å². The molecule has 0 amide bonds. The summed E-state index contributed by atoms with van der Waals surface area (Å²) in [5, 5.41) is 0. The molecule has 26 heavy (non-hydrogen) atoms. The normalized spacial score (nSPS) is 12.0. The van der Waals surface area contributed by atoms with Crippen molar-refractivity contribution in [2.75, 3.05) is 6.61 Å². The summed E-state index contributed by atoms with van der Waals surface area (Å²) in [5.74, 6) is 1.28. The highest BCUT2D eigenvalue weighted by molar-refractivity contribution is 5.72. The van der Waals surface area contributed by atoms with Gasteiger partial charge in [-0.2, -0.15) is 0 Å². The summed E-state index contributed by atoms with van der Waals surface area (Å²) in [6.45, 7) is 22.9. The third-order valence-corrected chi connectivity index (χ3v) is 4.12. The van der Waals surface area contributed by atoms with Crippen molar-refractivity contribution in [3.63, 3.8) is 0 Å². The summed E-state index contributed by atoms with van der Waals surface area (Å²) >= 11 is 0. The highest BCUT2D eigenvalue weighted by atomic mass is 16.5. The molecule has 0 heterocycles. The molecular weight excluding hydrogens is 324 g/mol. The second-order valence-corrected chi connectivity index (χ2v) is 9.19. The van der Waals surface area contributed by atoms with Crippen LogP contribution in [0.15, 0.2) is 18.2 Å². The third kappa shape index (κ3) is 5.62. The fraction of sp³-hybridized carbons (Fsp3) is 0.609. The fourth-order valence-corrected chi connectivity index (χ4v) is 3.11. The van der Waals surface area contributed by atoms with E-state index in [4.69, 9.17) is 9.47 Å². The smallest absolute Gasteiger partial charge is 0.308 e. The van der Waals surface area contributed by atoms with Crippen molar-refractivity contribution in [1.29, 1.82) is 0 Å². The molecule has 0 bridgehead atoms. The summed E-state index contributed by atoms with van der Waals surface area (Å²) in [6, 6.07) is 2.06. The second kappa shape index (κ2) is 8.28. The average molecular weight is 361 g/mol. The molecule has 0 aliphatic rings. The number of carbonyl (C=O) groups excluding carboxylic acids is 1. The van der Waals surface area contributed by atoms with E-state index < -0.39 is 0 Å². The number of rotatable bonds is 6. The van der Waals surface area contributed by atoms with Gasteiger partial charge in [-0.15, -0.1) is 0 Å². The monoisotopic (exact) mass is 360 g/mol. The van der Waals surface area contributed by atoms with Gasteiger partial charge in [0.25, 0.3) is 0 Å². The van der Waals surface area contributed by atoms with Crippen molar-refractivity contribution in [2.24, 2.45) is 0 Å². The lowest BCUT2D eigenvalue weighted by atomic mass is 9.76. The molecule has 1 aromatic carbocycles. The van der Waals surface area contributed by atoms with Crippen LogP contribution in [-0.4, -0.2) is 12.6 Å². The van der Waals surface area contributed by atoms with Gasteiger partial charge in [0, 0.05) is 23.6 Å². The molecule has 3 nitrogen and oxygen atoms in total. The van der Waals surface area contributed by atoms with Crippen LogP contribution < -0.4 is 9.47 Å². The predicted octanol–water partition coefficient (Wildman–Crippen LogP) is 6.11. The average Bonchev–Trinajstić information content (AvgIpc) is 2.43. The zero-order valence-corrected chi connectivity index (χ0v) is 18.1. The van der Waals surface area contributed by atoms with Crippen molar-refractivity contribution < 1.29 is 14.3 Å². The molecule has 1 rings (SSSR count). The van der Waals surface area contributed by atoms with E-state index in [0.29, 0.717) is 12.4 Å². The van der Waals surface area contributed by atoms with Gasteiger partial charge in [-0.25, -0.2) is 0 Å². The van der Waals surface area contributed by atoms with Crippen LogP contribution in [0, 0.1) is 0 Å². The van der Waals surface area contributed by atoms with Crippen LogP contribution in [-0.2, 0) is 22.0 Å². The van der Waals surface area contributed by atoms with Crippen molar-refractivity contribution >= 4 is 5.97 Å². The van der Waals surface area contributed by atoms with Crippen LogP contribution in [0.5, 0.6) is 11.5 Å². The molecule has 0 saturated heterocycles. The number of hydrogen-bond donors (Lipinski definition) is 0. The number of benzene rings is 1. The van der Waals surface area contributed by atoms with E-state index in [9.17, 15) is 4.79 Å². The molecule has 0 fully saturated rings. The maximum atomic E-state index is 11.9. The van der Waals surface area contributed by atoms with Crippen LogP contribution in [0.3, 0.4) is 0 Å². The molecule has 0 radical (unpaired) electrons. The topological polar surface area (TPSA) is 35.5 Å². The molecule has 3 heteroatoms. The van der Waals surface area contributed by atoms with Crippen molar-refractivity contribution in [3.8, 4) is 11.5 Å². The standard InChI is InChI=1S/C23H36O3/c1-11-12-17-19(25-14-15(2)3)13-18(22(5,6)7)21(26-16(4)24)20(17)23(8,9)10/h13H,2,11-12,14H2,1,3-10H3. The van der Waals surface area contributed by atoms with Gasteiger partial charge in [-0.3, -0.25) is 4.79 Å². The van der Waals surface area contributed by atoms with Crippen molar-refractivity contribution in [3.05, 3.63) is 34.9 Å². The summed E-state index contributed by atoms with van der Waals surface area (Å²) < 4.78 is 11.9. The molecule has 0 saturated carbocycles. The van der Waals surface area contributed by atoms with E-state index in [1.54, 1.807) is 0 Å². The lowest BCUT2D eigenvalue weighted by molar-refractivity contribution is -0.132. The molecule has 0 spiro atoms. The molecular formula is C23H36O3. The maximum absolute atomic E-state index is 11.9.